The summed E-state index contributed by atoms with van der Waals surface area (Å²) in [5, 5.41) is 4.93. The van der Waals surface area contributed by atoms with Crippen LogP contribution in [-0.4, -0.2) is 60.9 Å². The zero-order valence-electron chi connectivity index (χ0n) is 21.6. The Kier molecular flexibility index (Phi) is 8.64. The second-order valence-electron chi connectivity index (χ2n) is 9.69. The molecule has 0 unspecified atom stereocenters. The quantitative estimate of drug-likeness (QED) is 0.405. The number of hydrogen-bond acceptors (Lipinski definition) is 5. The van der Waals surface area contributed by atoms with Crippen LogP contribution in [0.15, 0.2) is 53.5 Å². The standard InChI is InChI=1S/C28H28F4N4O4/c1-3-15-39-20-11-13-36(14-12-20)26(38)33-19-9-10-22(29)21(16-19)27(2)17-23(28(30,31)32)40-25(35-27)34-24(37)18-7-5-4-6-8-18/h1,4-10,16,20,23H,11-15,17H2,2H3,(H,33,38)(H,34,35,37)/t23-,27-/m0/s1. The highest BCUT2D eigenvalue weighted by Gasteiger charge is 2.50. The Morgan fingerprint density at radius 1 is 1.18 bits per heavy atom. The summed E-state index contributed by atoms with van der Waals surface area (Å²) in [6, 6.07) is 10.3. The molecule has 3 amide bonds. The smallest absolute Gasteiger partial charge is 0.425 e. The maximum Gasteiger partial charge on any atom is 0.425 e. The van der Waals surface area contributed by atoms with Gasteiger partial charge in [-0.15, -0.1) is 6.42 Å². The van der Waals surface area contributed by atoms with Crippen LogP contribution < -0.4 is 10.6 Å². The van der Waals surface area contributed by atoms with Crippen LogP contribution >= 0.6 is 0 Å². The Bertz CT molecular complexity index is 1300. The molecule has 2 aliphatic rings. The fourth-order valence-electron chi connectivity index (χ4n) is 4.61. The number of ether oxygens (including phenoxy) is 2. The molecule has 0 bridgehead atoms. The summed E-state index contributed by atoms with van der Waals surface area (Å²) in [7, 11) is 0. The monoisotopic (exact) mass is 560 g/mol. The van der Waals surface area contributed by atoms with Gasteiger partial charge in [-0.25, -0.2) is 14.2 Å². The maximum atomic E-state index is 15.1. The Balaban J connectivity index is 1.55. The summed E-state index contributed by atoms with van der Waals surface area (Å²) in [6.45, 7) is 2.32. The number of carbonyl (C=O) groups is 2. The van der Waals surface area contributed by atoms with Gasteiger partial charge in [-0.1, -0.05) is 24.1 Å². The lowest BCUT2D eigenvalue weighted by Gasteiger charge is -2.37. The van der Waals surface area contributed by atoms with Crippen LogP contribution in [-0.2, 0) is 15.0 Å². The van der Waals surface area contributed by atoms with E-state index in [1.54, 1.807) is 23.1 Å². The number of rotatable bonds is 5. The second-order valence-corrected chi connectivity index (χ2v) is 9.69. The molecule has 40 heavy (non-hydrogen) atoms. The van der Waals surface area contributed by atoms with Gasteiger partial charge in [0.05, 0.1) is 11.6 Å². The summed E-state index contributed by atoms with van der Waals surface area (Å²) in [6.07, 6.45) is -1.60. The Labute approximate surface area is 228 Å². The molecule has 0 radical (unpaired) electrons. The molecule has 0 saturated carbocycles. The van der Waals surface area contributed by atoms with Crippen LogP contribution in [0.5, 0.6) is 0 Å². The lowest BCUT2D eigenvalue weighted by Crippen LogP contribution is -2.48. The molecule has 2 heterocycles. The molecule has 2 aromatic carbocycles. The van der Waals surface area contributed by atoms with Crippen molar-refractivity contribution in [1.29, 1.82) is 0 Å². The molecule has 2 aliphatic heterocycles. The molecule has 0 aliphatic carbocycles. The average molecular weight is 561 g/mol. The number of nitrogens with one attached hydrogen (secondary N) is 2. The lowest BCUT2D eigenvalue weighted by molar-refractivity contribution is -0.208. The van der Waals surface area contributed by atoms with E-state index in [4.69, 9.17) is 15.9 Å². The molecule has 0 spiro atoms. The van der Waals surface area contributed by atoms with E-state index in [0.717, 1.165) is 6.07 Å². The van der Waals surface area contributed by atoms with Crippen LogP contribution in [0.1, 0.15) is 42.1 Å². The summed E-state index contributed by atoms with van der Waals surface area (Å²) >= 11 is 0. The molecule has 4 rings (SSSR count). The van der Waals surface area contributed by atoms with E-state index in [1.165, 1.54) is 31.2 Å². The van der Waals surface area contributed by atoms with Crippen LogP contribution in [0.4, 0.5) is 28.0 Å². The van der Waals surface area contributed by atoms with Gasteiger partial charge in [0.2, 0.25) is 0 Å². The van der Waals surface area contributed by atoms with E-state index in [0.29, 0.717) is 25.9 Å². The fraction of sp³-hybridized carbons (Fsp3) is 0.393. The highest BCUT2D eigenvalue weighted by Crippen LogP contribution is 2.41. The van der Waals surface area contributed by atoms with Crippen molar-refractivity contribution in [1.82, 2.24) is 10.2 Å². The second kappa shape index (κ2) is 12.0. The van der Waals surface area contributed by atoms with Crippen LogP contribution in [0.25, 0.3) is 0 Å². The highest BCUT2D eigenvalue weighted by atomic mass is 19.4. The summed E-state index contributed by atoms with van der Waals surface area (Å²) in [5.41, 5.74) is -1.63. The molecular weight excluding hydrogens is 532 g/mol. The summed E-state index contributed by atoms with van der Waals surface area (Å²) in [4.78, 5) is 31.2. The molecule has 2 N–H and O–H groups in total. The Morgan fingerprint density at radius 2 is 1.88 bits per heavy atom. The minimum atomic E-state index is -4.82. The predicted octanol–water partition coefficient (Wildman–Crippen LogP) is 4.82. The number of carbonyl (C=O) groups excluding carboxylic acids is 2. The van der Waals surface area contributed by atoms with E-state index in [1.807, 2.05) is 0 Å². The van der Waals surface area contributed by atoms with Crippen LogP contribution in [0.3, 0.4) is 0 Å². The number of aliphatic imine (C=N–C) groups is 1. The number of amides is 3. The molecular formula is C28H28F4N4O4. The van der Waals surface area contributed by atoms with Crippen LogP contribution in [0.2, 0.25) is 0 Å². The lowest BCUT2D eigenvalue weighted by atomic mass is 9.85. The number of halogens is 4. The number of alkyl halides is 3. The first-order valence-electron chi connectivity index (χ1n) is 12.6. The zero-order valence-corrected chi connectivity index (χ0v) is 21.6. The van der Waals surface area contributed by atoms with E-state index >= 15 is 4.39 Å². The number of hydrogen-bond donors (Lipinski definition) is 2. The van der Waals surface area contributed by atoms with Gasteiger partial charge in [0, 0.05) is 36.3 Å². The Hall–Kier alpha value is -4.11. The fourth-order valence-corrected chi connectivity index (χ4v) is 4.61. The van der Waals surface area contributed by atoms with Gasteiger partial charge in [-0.05, 0) is 50.1 Å². The van der Waals surface area contributed by atoms with Gasteiger partial charge in [0.15, 0.2) is 6.10 Å². The summed E-state index contributed by atoms with van der Waals surface area (Å²) in [5.74, 6) is 0.843. The molecule has 2 atom stereocenters. The van der Waals surface area contributed by atoms with Gasteiger partial charge in [0.1, 0.15) is 12.4 Å². The van der Waals surface area contributed by atoms with E-state index in [9.17, 15) is 22.8 Å². The van der Waals surface area contributed by atoms with Gasteiger partial charge in [0.25, 0.3) is 11.9 Å². The number of benzene rings is 2. The molecule has 12 heteroatoms. The van der Waals surface area contributed by atoms with Crippen molar-refractivity contribution in [2.24, 2.45) is 4.99 Å². The first-order chi connectivity index (χ1) is 19.0. The number of amidine groups is 1. The summed E-state index contributed by atoms with van der Waals surface area (Å²) < 4.78 is 67.0. The largest absolute Gasteiger partial charge is 0.452 e. The third-order valence-corrected chi connectivity index (χ3v) is 6.74. The van der Waals surface area contributed by atoms with Gasteiger partial charge >= 0.3 is 12.2 Å². The maximum absolute atomic E-state index is 15.1. The number of anilines is 1. The molecule has 1 fully saturated rings. The topological polar surface area (TPSA) is 92.3 Å². The van der Waals surface area contributed by atoms with Crippen molar-refractivity contribution in [3.63, 3.8) is 0 Å². The number of nitrogens with zero attached hydrogens (tertiary/aromatic N) is 2. The number of urea groups is 1. The number of piperidine rings is 1. The van der Waals surface area contributed by atoms with Gasteiger partial charge < -0.3 is 19.7 Å². The third kappa shape index (κ3) is 6.90. The van der Waals surface area contributed by atoms with Gasteiger partial charge in [-0.2, -0.15) is 13.2 Å². The van der Waals surface area contributed by atoms with Crippen LogP contribution in [0, 0.1) is 18.2 Å². The van der Waals surface area contributed by atoms with Crippen molar-refractivity contribution in [2.45, 2.75) is 50.1 Å². The third-order valence-electron chi connectivity index (χ3n) is 6.74. The van der Waals surface area contributed by atoms with Crippen molar-refractivity contribution in [2.75, 3.05) is 25.0 Å². The number of likely N-dealkylation sites (tertiary alicyclic amines) is 1. The van der Waals surface area contributed by atoms with Gasteiger partial charge in [-0.3, -0.25) is 10.1 Å². The molecule has 2 aromatic rings. The van der Waals surface area contributed by atoms with E-state index < -0.39 is 48.0 Å². The van der Waals surface area contributed by atoms with Crippen molar-refractivity contribution >= 4 is 23.6 Å². The number of terminal acetylenes is 1. The average Bonchev–Trinajstić information content (AvgIpc) is 2.93. The minimum absolute atomic E-state index is 0.0537. The van der Waals surface area contributed by atoms with E-state index in [-0.39, 0.29) is 29.5 Å². The Morgan fingerprint density at radius 3 is 2.52 bits per heavy atom. The highest BCUT2D eigenvalue weighted by molar-refractivity contribution is 6.04. The van der Waals surface area contributed by atoms with Crippen molar-refractivity contribution in [3.8, 4) is 12.3 Å². The zero-order chi connectivity index (χ0) is 28.9. The molecule has 1 saturated heterocycles. The van der Waals surface area contributed by atoms with E-state index in [2.05, 4.69) is 21.5 Å². The van der Waals surface area contributed by atoms with Crippen molar-refractivity contribution < 1.29 is 36.6 Å². The molecule has 0 aromatic heterocycles. The first-order valence-corrected chi connectivity index (χ1v) is 12.6. The molecule has 212 valence electrons. The molecule has 8 nitrogen and oxygen atoms in total. The normalized spacial score (nSPS) is 21.6. The first kappa shape index (κ1) is 28.9. The SMILES string of the molecule is C#CCOC1CCN(C(=O)Nc2ccc(F)c([C@]3(C)C[C@@H](C(F)(F)F)OC(NC(=O)c4ccccc4)=N3)c2)CC1. The van der Waals surface area contributed by atoms with Crippen molar-refractivity contribution in [3.05, 3.63) is 65.5 Å². The minimum Gasteiger partial charge on any atom is -0.452 e. The predicted molar refractivity (Wildman–Crippen MR) is 139 cm³/mol.